The number of nitrogens with zero attached hydrogens (tertiary/aromatic N) is 3. The first-order valence-electron chi connectivity index (χ1n) is 23.8. The van der Waals surface area contributed by atoms with E-state index in [1.165, 1.54) is 97.8 Å². The van der Waals surface area contributed by atoms with Crippen molar-refractivity contribution in [3.63, 3.8) is 0 Å². The summed E-state index contributed by atoms with van der Waals surface area (Å²) in [5, 5.41) is 4.69. The lowest BCUT2D eigenvalue weighted by molar-refractivity contribution is 0.195. The highest BCUT2D eigenvalue weighted by molar-refractivity contribution is 7.00. The lowest BCUT2D eigenvalue weighted by Gasteiger charge is -2.52. The van der Waals surface area contributed by atoms with Crippen LogP contribution in [0.2, 0.25) is 0 Å². The van der Waals surface area contributed by atoms with E-state index >= 15 is 0 Å². The largest absolute Gasteiger partial charge is 0.454 e. The van der Waals surface area contributed by atoms with Gasteiger partial charge in [0.1, 0.15) is 5.58 Å². The van der Waals surface area contributed by atoms with Crippen LogP contribution in [0, 0.1) is 6.92 Å². The van der Waals surface area contributed by atoms with E-state index in [1.54, 1.807) is 0 Å². The van der Waals surface area contributed by atoms with E-state index in [-0.39, 0.29) is 17.7 Å². The molecular weight excluding hydrogens is 802 g/mol. The molecule has 66 heavy (non-hydrogen) atoms. The van der Waals surface area contributed by atoms with Gasteiger partial charge in [0.05, 0.1) is 11.2 Å². The standard InChI is InChI=1S/C61H48BN3O/c1-39-35-54-57-55(36-39)65-58-49(60(2)33-11-12-34-61(60,65)3)27-16-28-51(58)62(57)50-32-31-44(38-53(50)64(54)42-20-5-4-6-21-42)63(52-29-15-26-48-47-24-9-10-30-56(47)66-59(48)52)43-22-13-19-41(37-43)46-25-14-18-40-17-7-8-23-45(40)46/h4-10,13-32,35-38H,11-12,33-34H2,1-3H3. The average Bonchev–Trinajstić information content (AvgIpc) is 3.84. The second-order valence-corrected chi connectivity index (χ2v) is 19.6. The van der Waals surface area contributed by atoms with Crippen LogP contribution in [0.15, 0.2) is 192 Å². The fraction of sp³-hybridized carbons (Fsp3) is 0.148. The number of aryl methyl sites for hydroxylation is 1. The molecule has 1 aromatic heterocycles. The topological polar surface area (TPSA) is 22.9 Å². The minimum atomic E-state index is -0.0172. The van der Waals surface area contributed by atoms with Crippen molar-refractivity contribution in [1.29, 1.82) is 0 Å². The van der Waals surface area contributed by atoms with Crippen molar-refractivity contribution in [3.8, 4) is 11.1 Å². The summed E-state index contributed by atoms with van der Waals surface area (Å²) in [6.45, 7) is 7.49. The Bertz CT molecular complexity index is 3650. The summed E-state index contributed by atoms with van der Waals surface area (Å²) in [6.07, 6.45) is 4.92. The predicted octanol–water partition coefficient (Wildman–Crippen LogP) is 14.5. The van der Waals surface area contributed by atoms with Crippen molar-refractivity contribution in [3.05, 3.63) is 199 Å². The van der Waals surface area contributed by atoms with Gasteiger partial charge in [-0.25, -0.2) is 0 Å². The van der Waals surface area contributed by atoms with Crippen molar-refractivity contribution in [1.82, 2.24) is 0 Å². The SMILES string of the molecule is Cc1cc2c3c(c1)N1c4c(cccc4C4(C)CCCCC14C)B3c1ccc(N(c3cccc(-c4cccc5ccccc45)c3)c3cccc4c3oc3ccccc34)cc1N2c1ccccc1. The fourth-order valence-corrected chi connectivity index (χ4v) is 13.0. The molecule has 2 atom stereocenters. The van der Waals surface area contributed by atoms with Crippen molar-refractivity contribution in [2.45, 2.75) is 57.4 Å². The van der Waals surface area contributed by atoms with Crippen LogP contribution in [-0.2, 0) is 5.41 Å². The summed E-state index contributed by atoms with van der Waals surface area (Å²) in [5.74, 6) is 0. The Hall–Kier alpha value is -7.50. The number of para-hydroxylation sites is 4. The molecule has 0 N–H and O–H groups in total. The third-order valence-electron chi connectivity index (χ3n) is 16.2. The molecular formula is C61H48BN3O. The van der Waals surface area contributed by atoms with Crippen molar-refractivity contribution in [2.24, 2.45) is 0 Å². The van der Waals surface area contributed by atoms with E-state index < -0.39 is 0 Å². The van der Waals surface area contributed by atoms with Crippen molar-refractivity contribution in [2.75, 3.05) is 14.7 Å². The second kappa shape index (κ2) is 13.8. The molecule has 14 rings (SSSR count). The Morgan fingerprint density at radius 1 is 0.576 bits per heavy atom. The van der Waals surface area contributed by atoms with E-state index in [4.69, 9.17) is 4.42 Å². The van der Waals surface area contributed by atoms with Gasteiger partial charge in [0.25, 0.3) is 6.71 Å². The monoisotopic (exact) mass is 849 g/mol. The molecule has 5 heteroatoms. The molecule has 1 fully saturated rings. The maximum absolute atomic E-state index is 6.86. The molecule has 3 aliphatic heterocycles. The zero-order valence-electron chi connectivity index (χ0n) is 37.6. The lowest BCUT2D eigenvalue weighted by atomic mass is 9.33. The summed E-state index contributed by atoms with van der Waals surface area (Å²) >= 11 is 0. The van der Waals surface area contributed by atoms with Gasteiger partial charge < -0.3 is 19.1 Å². The zero-order chi connectivity index (χ0) is 43.9. The van der Waals surface area contributed by atoms with Crippen molar-refractivity contribution < 1.29 is 4.42 Å². The minimum Gasteiger partial charge on any atom is -0.454 e. The maximum atomic E-state index is 6.86. The predicted molar refractivity (Wildman–Crippen MR) is 278 cm³/mol. The van der Waals surface area contributed by atoms with Crippen LogP contribution in [0.3, 0.4) is 0 Å². The van der Waals surface area contributed by atoms with E-state index in [0.29, 0.717) is 0 Å². The first kappa shape index (κ1) is 37.8. The number of benzene rings is 9. The first-order valence-corrected chi connectivity index (χ1v) is 23.8. The first-order chi connectivity index (χ1) is 32.4. The van der Waals surface area contributed by atoms with E-state index in [9.17, 15) is 0 Å². The Labute approximate surface area is 386 Å². The van der Waals surface area contributed by atoms with Crippen LogP contribution >= 0.6 is 0 Å². The number of hydrogen-bond donors (Lipinski definition) is 0. The molecule has 10 aromatic rings. The average molecular weight is 850 g/mol. The number of fused-ring (bicyclic) bond motifs is 11. The van der Waals surface area contributed by atoms with Crippen LogP contribution in [0.4, 0.5) is 45.5 Å². The molecule has 4 aliphatic rings. The Balaban J connectivity index is 1.04. The van der Waals surface area contributed by atoms with Crippen molar-refractivity contribution >= 4 is 101 Å². The van der Waals surface area contributed by atoms with Gasteiger partial charge in [0, 0.05) is 56.0 Å². The summed E-state index contributed by atoms with van der Waals surface area (Å²) in [6, 6.07) is 69.9. The Morgan fingerprint density at radius 2 is 1.30 bits per heavy atom. The van der Waals surface area contributed by atoms with Crippen LogP contribution < -0.4 is 31.1 Å². The molecule has 1 aliphatic carbocycles. The van der Waals surface area contributed by atoms with Crippen LogP contribution in [0.25, 0.3) is 43.8 Å². The molecule has 0 bridgehead atoms. The summed E-state index contributed by atoms with van der Waals surface area (Å²) in [4.78, 5) is 7.80. The second-order valence-electron chi connectivity index (χ2n) is 19.6. The number of rotatable bonds is 5. The smallest absolute Gasteiger partial charge is 0.252 e. The van der Waals surface area contributed by atoms with Gasteiger partial charge in [0.15, 0.2) is 5.58 Å². The fourth-order valence-electron chi connectivity index (χ4n) is 13.0. The molecule has 0 amide bonds. The van der Waals surface area contributed by atoms with Gasteiger partial charge in [-0.2, -0.15) is 0 Å². The van der Waals surface area contributed by atoms with Crippen LogP contribution in [-0.4, -0.2) is 12.3 Å². The molecule has 1 saturated carbocycles. The molecule has 9 aromatic carbocycles. The molecule has 4 heterocycles. The molecule has 2 unspecified atom stereocenters. The highest BCUT2D eigenvalue weighted by Gasteiger charge is 2.61. The summed E-state index contributed by atoms with van der Waals surface area (Å²) in [5.41, 5.74) is 20.7. The lowest BCUT2D eigenvalue weighted by Crippen LogP contribution is -2.64. The van der Waals surface area contributed by atoms with Crippen LogP contribution in [0.1, 0.15) is 50.7 Å². The highest BCUT2D eigenvalue weighted by Crippen LogP contribution is 2.62. The van der Waals surface area contributed by atoms with Gasteiger partial charge in [-0.15, -0.1) is 0 Å². The van der Waals surface area contributed by atoms with Gasteiger partial charge in [-0.1, -0.05) is 147 Å². The van der Waals surface area contributed by atoms with Gasteiger partial charge in [-0.05, 0) is 137 Å². The number of anilines is 8. The van der Waals surface area contributed by atoms with Gasteiger partial charge in [-0.3, -0.25) is 0 Å². The highest BCUT2D eigenvalue weighted by atomic mass is 16.3. The van der Waals surface area contributed by atoms with Gasteiger partial charge in [0.2, 0.25) is 0 Å². The zero-order valence-corrected chi connectivity index (χ0v) is 37.6. The molecule has 4 nitrogen and oxygen atoms in total. The molecule has 0 spiro atoms. The molecule has 0 radical (unpaired) electrons. The van der Waals surface area contributed by atoms with E-state index in [1.807, 2.05) is 0 Å². The summed E-state index contributed by atoms with van der Waals surface area (Å²) < 4.78 is 6.86. The van der Waals surface area contributed by atoms with Gasteiger partial charge >= 0.3 is 0 Å². The van der Waals surface area contributed by atoms with Crippen LogP contribution in [0.5, 0.6) is 0 Å². The molecule has 316 valence electrons. The third-order valence-corrected chi connectivity index (χ3v) is 16.2. The number of hydrogen-bond acceptors (Lipinski definition) is 4. The maximum Gasteiger partial charge on any atom is 0.252 e. The Morgan fingerprint density at radius 3 is 2.21 bits per heavy atom. The number of furan rings is 1. The molecule has 0 saturated heterocycles. The quantitative estimate of drug-likeness (QED) is 0.161. The minimum absolute atomic E-state index is 0.0172. The van der Waals surface area contributed by atoms with E-state index in [0.717, 1.165) is 44.7 Å². The summed E-state index contributed by atoms with van der Waals surface area (Å²) in [7, 11) is 0. The third kappa shape index (κ3) is 5.06. The normalized spacial score (nSPS) is 18.9. The van der Waals surface area contributed by atoms with E-state index in [2.05, 4.69) is 224 Å². The Kier molecular flexibility index (Phi) is 7.89.